The van der Waals surface area contributed by atoms with Gasteiger partial charge in [-0.1, -0.05) is 42.5 Å². The highest BCUT2D eigenvalue weighted by molar-refractivity contribution is 6.06. The number of aromatic nitrogens is 1. The number of carbonyl (C=O) groups excluding carboxylic acids is 1. The average molecular weight is 344 g/mol. The lowest BCUT2D eigenvalue weighted by Crippen LogP contribution is -2.26. The van der Waals surface area contributed by atoms with Crippen LogP contribution in [0.25, 0.3) is 21.5 Å². The van der Waals surface area contributed by atoms with E-state index in [1.165, 1.54) is 12.1 Å². The third-order valence-electron chi connectivity index (χ3n) is 4.59. The standard InChI is InChI=1S/C22H17FN2O/c1-25(14-17-7-4-6-15-5-2-3-8-19(15)17)22(26)20-12-18(23)11-16-9-10-24-13-21(16)20/h2-13H,14H2,1H3. The van der Waals surface area contributed by atoms with Crippen LogP contribution in [0.15, 0.2) is 73.1 Å². The number of fused-ring (bicyclic) bond motifs is 2. The summed E-state index contributed by atoms with van der Waals surface area (Å²) in [7, 11) is 1.73. The molecule has 1 aromatic heterocycles. The molecule has 1 amide bonds. The maximum absolute atomic E-state index is 14.0. The van der Waals surface area contributed by atoms with E-state index in [-0.39, 0.29) is 5.91 Å². The minimum atomic E-state index is -0.425. The van der Waals surface area contributed by atoms with Crippen LogP contribution in [0.5, 0.6) is 0 Å². The number of hydrogen-bond donors (Lipinski definition) is 0. The molecule has 4 heteroatoms. The van der Waals surface area contributed by atoms with Crippen molar-refractivity contribution in [2.24, 2.45) is 0 Å². The predicted molar refractivity (Wildman–Crippen MR) is 101 cm³/mol. The molecule has 0 spiro atoms. The van der Waals surface area contributed by atoms with Crippen molar-refractivity contribution >= 4 is 27.5 Å². The SMILES string of the molecule is CN(Cc1cccc2ccccc12)C(=O)c1cc(F)cc2ccncc12. The third kappa shape index (κ3) is 2.90. The van der Waals surface area contributed by atoms with Crippen LogP contribution in [0.2, 0.25) is 0 Å². The van der Waals surface area contributed by atoms with E-state index in [1.807, 2.05) is 42.5 Å². The molecule has 0 N–H and O–H groups in total. The molecule has 0 fully saturated rings. The zero-order valence-corrected chi connectivity index (χ0v) is 14.3. The first-order valence-electron chi connectivity index (χ1n) is 8.39. The van der Waals surface area contributed by atoms with Crippen LogP contribution in [0.3, 0.4) is 0 Å². The summed E-state index contributed by atoms with van der Waals surface area (Å²) in [6.07, 6.45) is 3.20. The number of benzene rings is 3. The highest BCUT2D eigenvalue weighted by Gasteiger charge is 2.17. The van der Waals surface area contributed by atoms with Gasteiger partial charge in [-0.25, -0.2) is 4.39 Å². The summed E-state index contributed by atoms with van der Waals surface area (Å²) in [5.74, 6) is -0.652. The van der Waals surface area contributed by atoms with E-state index in [1.54, 1.807) is 30.4 Å². The van der Waals surface area contributed by atoms with Crippen LogP contribution in [0.4, 0.5) is 4.39 Å². The average Bonchev–Trinajstić information content (AvgIpc) is 2.67. The molecule has 0 aliphatic rings. The molecule has 0 aliphatic heterocycles. The molecule has 0 saturated carbocycles. The Kier molecular flexibility index (Phi) is 4.09. The minimum absolute atomic E-state index is 0.226. The minimum Gasteiger partial charge on any atom is -0.337 e. The maximum atomic E-state index is 14.0. The van der Waals surface area contributed by atoms with Gasteiger partial charge in [-0.05, 0) is 39.9 Å². The highest BCUT2D eigenvalue weighted by Crippen LogP contribution is 2.23. The molecule has 4 aromatic rings. The Balaban J connectivity index is 1.71. The monoisotopic (exact) mass is 344 g/mol. The molecule has 0 atom stereocenters. The van der Waals surface area contributed by atoms with Crippen LogP contribution in [0.1, 0.15) is 15.9 Å². The van der Waals surface area contributed by atoms with E-state index in [9.17, 15) is 9.18 Å². The van der Waals surface area contributed by atoms with Crippen molar-refractivity contribution in [2.75, 3.05) is 7.05 Å². The van der Waals surface area contributed by atoms with Crippen molar-refractivity contribution in [3.05, 3.63) is 90.0 Å². The van der Waals surface area contributed by atoms with Crippen molar-refractivity contribution in [3.63, 3.8) is 0 Å². The molecule has 0 unspecified atom stereocenters. The Morgan fingerprint density at radius 3 is 2.69 bits per heavy atom. The van der Waals surface area contributed by atoms with Crippen LogP contribution in [-0.2, 0) is 6.54 Å². The van der Waals surface area contributed by atoms with Crippen molar-refractivity contribution < 1.29 is 9.18 Å². The Bertz CT molecular complexity index is 1120. The molecule has 26 heavy (non-hydrogen) atoms. The third-order valence-corrected chi connectivity index (χ3v) is 4.59. The first kappa shape index (κ1) is 16.2. The number of carbonyl (C=O) groups is 1. The summed E-state index contributed by atoms with van der Waals surface area (Å²) < 4.78 is 14.0. The van der Waals surface area contributed by atoms with Gasteiger partial charge in [-0.15, -0.1) is 0 Å². The molecule has 0 saturated heterocycles. The van der Waals surface area contributed by atoms with Crippen LogP contribution in [-0.4, -0.2) is 22.8 Å². The fraction of sp³-hybridized carbons (Fsp3) is 0.0909. The van der Waals surface area contributed by atoms with Crippen LogP contribution < -0.4 is 0 Å². The molecular weight excluding hydrogens is 327 g/mol. The number of nitrogens with zero attached hydrogens (tertiary/aromatic N) is 2. The van der Waals surface area contributed by atoms with Gasteiger partial charge in [0.25, 0.3) is 5.91 Å². The molecule has 3 nitrogen and oxygen atoms in total. The zero-order valence-electron chi connectivity index (χ0n) is 14.3. The molecular formula is C22H17FN2O. The van der Waals surface area contributed by atoms with Crippen molar-refractivity contribution in [3.8, 4) is 0 Å². The topological polar surface area (TPSA) is 33.2 Å². The Morgan fingerprint density at radius 1 is 1.00 bits per heavy atom. The van der Waals surface area contributed by atoms with Gasteiger partial charge in [0.2, 0.25) is 0 Å². The fourth-order valence-electron chi connectivity index (χ4n) is 3.30. The Labute approximate surface area is 150 Å². The number of amides is 1. The van der Waals surface area contributed by atoms with Gasteiger partial charge >= 0.3 is 0 Å². The number of halogens is 1. The van der Waals surface area contributed by atoms with Crippen molar-refractivity contribution in [2.45, 2.75) is 6.54 Å². The van der Waals surface area contributed by atoms with E-state index in [2.05, 4.69) is 4.98 Å². The summed E-state index contributed by atoms with van der Waals surface area (Å²) >= 11 is 0. The smallest absolute Gasteiger partial charge is 0.254 e. The van der Waals surface area contributed by atoms with Crippen LogP contribution in [0, 0.1) is 5.82 Å². The molecule has 128 valence electrons. The van der Waals surface area contributed by atoms with E-state index in [0.717, 1.165) is 16.3 Å². The number of rotatable bonds is 3. The van der Waals surface area contributed by atoms with Crippen molar-refractivity contribution in [1.82, 2.24) is 9.88 Å². The second-order valence-corrected chi connectivity index (χ2v) is 6.35. The fourth-order valence-corrected chi connectivity index (χ4v) is 3.30. The van der Waals surface area contributed by atoms with E-state index in [0.29, 0.717) is 22.9 Å². The Morgan fingerprint density at radius 2 is 1.81 bits per heavy atom. The molecule has 1 heterocycles. The molecule has 0 aliphatic carbocycles. The lowest BCUT2D eigenvalue weighted by Gasteiger charge is -2.19. The van der Waals surface area contributed by atoms with Gasteiger partial charge < -0.3 is 4.90 Å². The maximum Gasteiger partial charge on any atom is 0.254 e. The first-order chi connectivity index (χ1) is 12.6. The summed E-state index contributed by atoms with van der Waals surface area (Å²) in [5.41, 5.74) is 1.38. The summed E-state index contributed by atoms with van der Waals surface area (Å²) in [5, 5.41) is 3.57. The second-order valence-electron chi connectivity index (χ2n) is 6.35. The summed E-state index contributed by atoms with van der Waals surface area (Å²) in [6.45, 7) is 0.443. The lowest BCUT2D eigenvalue weighted by molar-refractivity contribution is 0.0787. The van der Waals surface area contributed by atoms with Gasteiger partial charge in [0.15, 0.2) is 0 Å². The van der Waals surface area contributed by atoms with Gasteiger partial charge in [0.1, 0.15) is 5.82 Å². The zero-order chi connectivity index (χ0) is 18.1. The summed E-state index contributed by atoms with van der Waals surface area (Å²) in [4.78, 5) is 18.7. The van der Waals surface area contributed by atoms with E-state index >= 15 is 0 Å². The lowest BCUT2D eigenvalue weighted by atomic mass is 10.0. The molecule has 0 radical (unpaired) electrons. The van der Waals surface area contributed by atoms with Gasteiger partial charge in [-0.3, -0.25) is 9.78 Å². The van der Waals surface area contributed by atoms with Crippen molar-refractivity contribution in [1.29, 1.82) is 0 Å². The number of pyridine rings is 1. The Hall–Kier alpha value is -3.27. The molecule has 3 aromatic carbocycles. The summed E-state index contributed by atoms with van der Waals surface area (Å²) in [6, 6.07) is 18.5. The normalized spacial score (nSPS) is 11.0. The molecule has 0 bridgehead atoms. The largest absolute Gasteiger partial charge is 0.337 e. The first-order valence-corrected chi connectivity index (χ1v) is 8.39. The van der Waals surface area contributed by atoms with E-state index in [4.69, 9.17) is 0 Å². The second kappa shape index (κ2) is 6.56. The predicted octanol–water partition coefficient (Wildman–Crippen LogP) is 4.80. The van der Waals surface area contributed by atoms with Gasteiger partial charge in [0.05, 0.1) is 5.56 Å². The highest BCUT2D eigenvalue weighted by atomic mass is 19.1. The van der Waals surface area contributed by atoms with Gasteiger partial charge in [-0.2, -0.15) is 0 Å². The van der Waals surface area contributed by atoms with Crippen LogP contribution >= 0.6 is 0 Å². The number of hydrogen-bond acceptors (Lipinski definition) is 2. The van der Waals surface area contributed by atoms with Gasteiger partial charge in [0, 0.05) is 31.4 Å². The van der Waals surface area contributed by atoms with E-state index < -0.39 is 5.82 Å². The quantitative estimate of drug-likeness (QED) is 0.535. The molecule has 4 rings (SSSR count).